The van der Waals surface area contributed by atoms with Gasteiger partial charge in [-0.3, -0.25) is 0 Å². The van der Waals surface area contributed by atoms with Gasteiger partial charge in [-0.2, -0.15) is 15.1 Å². The van der Waals surface area contributed by atoms with Gasteiger partial charge in [-0.1, -0.05) is 0 Å². The summed E-state index contributed by atoms with van der Waals surface area (Å²) in [6, 6.07) is 6.38. The van der Waals surface area contributed by atoms with Gasteiger partial charge in [0.15, 0.2) is 5.82 Å². The summed E-state index contributed by atoms with van der Waals surface area (Å²) in [4.78, 5) is 10.9. The molecule has 176 valence electrons. The number of hydrogen-bond donors (Lipinski definition) is 1. The Morgan fingerprint density at radius 1 is 1.09 bits per heavy atom. The fourth-order valence-corrected chi connectivity index (χ4v) is 5.60. The predicted molar refractivity (Wildman–Crippen MR) is 125 cm³/mol. The van der Waals surface area contributed by atoms with E-state index in [0.29, 0.717) is 37.8 Å². The van der Waals surface area contributed by atoms with Crippen molar-refractivity contribution in [2.24, 2.45) is 0 Å². The molecule has 2 fully saturated rings. The molecule has 33 heavy (non-hydrogen) atoms. The number of aromatic nitrogens is 4. The number of methoxy groups -OCH3 is 1. The number of aliphatic hydroxyl groups is 1. The van der Waals surface area contributed by atoms with Crippen LogP contribution in [0.15, 0.2) is 24.4 Å². The molecule has 2 aromatic heterocycles. The van der Waals surface area contributed by atoms with Crippen molar-refractivity contribution in [2.75, 3.05) is 44.4 Å². The van der Waals surface area contributed by atoms with Gasteiger partial charge in [-0.25, -0.2) is 17.4 Å². The SMILES string of the molecule is COc1nc(N2CC(O)C2)cc(-n2ncc3cc(C)c(C4CCN(S(C)(=O)=O)CC4)cc32)n1. The standard InChI is InChI=1S/C22H28N6O4S/c1-14-8-16-11-23-28(21-10-20(24-22(25-21)32-2)26-12-17(29)13-26)19(16)9-18(14)15-4-6-27(7-5-15)33(3,30)31/h8-11,15,17,29H,4-7,12-13H2,1-3H3. The van der Waals surface area contributed by atoms with Crippen LogP contribution in [0.2, 0.25) is 0 Å². The number of piperidine rings is 1. The van der Waals surface area contributed by atoms with Gasteiger partial charge in [0.25, 0.3) is 0 Å². The molecule has 2 aliphatic rings. The number of aliphatic hydroxyl groups excluding tert-OH is 1. The van der Waals surface area contributed by atoms with E-state index >= 15 is 0 Å². The zero-order valence-electron chi connectivity index (χ0n) is 19.0. The Hall–Kier alpha value is -2.76. The van der Waals surface area contributed by atoms with Crippen LogP contribution < -0.4 is 9.64 Å². The highest BCUT2D eigenvalue weighted by Gasteiger charge is 2.28. The Morgan fingerprint density at radius 3 is 2.42 bits per heavy atom. The maximum atomic E-state index is 11.9. The summed E-state index contributed by atoms with van der Waals surface area (Å²) < 4.78 is 32.4. The molecule has 0 saturated carbocycles. The average Bonchev–Trinajstić information content (AvgIpc) is 3.18. The smallest absolute Gasteiger partial charge is 0.320 e. The second kappa shape index (κ2) is 8.23. The Morgan fingerprint density at radius 2 is 1.79 bits per heavy atom. The highest BCUT2D eigenvalue weighted by atomic mass is 32.2. The first-order chi connectivity index (χ1) is 15.7. The maximum Gasteiger partial charge on any atom is 0.320 e. The summed E-state index contributed by atoms with van der Waals surface area (Å²) in [5.74, 6) is 1.56. The summed E-state index contributed by atoms with van der Waals surface area (Å²) >= 11 is 0. The molecule has 0 unspecified atom stereocenters. The van der Waals surface area contributed by atoms with Crippen molar-refractivity contribution in [3.63, 3.8) is 0 Å². The molecule has 1 N–H and O–H groups in total. The second-order valence-electron chi connectivity index (χ2n) is 8.89. The van der Waals surface area contributed by atoms with E-state index in [4.69, 9.17) is 4.74 Å². The minimum Gasteiger partial charge on any atom is -0.467 e. The Bertz CT molecular complexity index is 1290. The fraction of sp³-hybridized carbons (Fsp3) is 0.500. The molecule has 0 aliphatic carbocycles. The third-order valence-electron chi connectivity index (χ3n) is 6.58. The Balaban J connectivity index is 1.50. The molecule has 0 spiro atoms. The van der Waals surface area contributed by atoms with Gasteiger partial charge in [0.05, 0.1) is 31.2 Å². The zero-order chi connectivity index (χ0) is 23.3. The molecule has 11 heteroatoms. The molecule has 0 radical (unpaired) electrons. The van der Waals surface area contributed by atoms with Crippen LogP contribution >= 0.6 is 0 Å². The van der Waals surface area contributed by atoms with Crippen molar-refractivity contribution >= 4 is 26.7 Å². The molecule has 2 saturated heterocycles. The van der Waals surface area contributed by atoms with Crippen LogP contribution in [-0.4, -0.2) is 83.2 Å². The van der Waals surface area contributed by atoms with Gasteiger partial charge in [-0.05, 0) is 48.9 Å². The van der Waals surface area contributed by atoms with Crippen LogP contribution in [0.1, 0.15) is 29.9 Å². The minimum atomic E-state index is -3.16. The van der Waals surface area contributed by atoms with Crippen LogP contribution in [-0.2, 0) is 10.0 Å². The first-order valence-corrected chi connectivity index (χ1v) is 12.9. The molecule has 10 nitrogen and oxygen atoms in total. The summed E-state index contributed by atoms with van der Waals surface area (Å²) in [7, 11) is -1.63. The van der Waals surface area contributed by atoms with E-state index in [2.05, 4.69) is 34.1 Å². The molecule has 5 rings (SSSR count). The van der Waals surface area contributed by atoms with E-state index in [1.165, 1.54) is 24.5 Å². The number of rotatable bonds is 5. The van der Waals surface area contributed by atoms with Gasteiger partial charge in [0.2, 0.25) is 10.0 Å². The van der Waals surface area contributed by atoms with Gasteiger partial charge >= 0.3 is 6.01 Å². The lowest BCUT2D eigenvalue weighted by molar-refractivity contribution is 0.141. The van der Waals surface area contributed by atoms with Crippen molar-refractivity contribution < 1.29 is 18.3 Å². The molecule has 1 aromatic carbocycles. The zero-order valence-corrected chi connectivity index (χ0v) is 19.8. The van der Waals surface area contributed by atoms with E-state index < -0.39 is 10.0 Å². The summed E-state index contributed by atoms with van der Waals surface area (Å²) in [5.41, 5.74) is 3.32. The van der Waals surface area contributed by atoms with Gasteiger partial charge in [-0.15, -0.1) is 0 Å². The van der Waals surface area contributed by atoms with Gasteiger partial charge in [0.1, 0.15) is 5.82 Å². The highest BCUT2D eigenvalue weighted by molar-refractivity contribution is 7.88. The number of hydrogen-bond acceptors (Lipinski definition) is 8. The van der Waals surface area contributed by atoms with Crippen molar-refractivity contribution in [3.05, 3.63) is 35.5 Å². The molecule has 0 amide bonds. The van der Waals surface area contributed by atoms with Crippen molar-refractivity contribution in [3.8, 4) is 11.8 Å². The Labute approximate surface area is 192 Å². The average molecular weight is 473 g/mol. The summed E-state index contributed by atoms with van der Waals surface area (Å²) in [6.45, 7) is 4.21. The monoisotopic (exact) mass is 472 g/mol. The van der Waals surface area contributed by atoms with Crippen LogP contribution in [0.4, 0.5) is 5.82 Å². The van der Waals surface area contributed by atoms with E-state index in [0.717, 1.165) is 23.7 Å². The first kappa shape index (κ1) is 22.1. The van der Waals surface area contributed by atoms with E-state index in [1.54, 1.807) is 8.99 Å². The molecule has 3 aromatic rings. The number of fused-ring (bicyclic) bond motifs is 1. The topological polar surface area (TPSA) is 114 Å². The van der Waals surface area contributed by atoms with Crippen molar-refractivity contribution in [1.29, 1.82) is 0 Å². The number of ether oxygens (including phenoxy) is 1. The first-order valence-electron chi connectivity index (χ1n) is 11.0. The number of benzene rings is 1. The number of sulfonamides is 1. The van der Waals surface area contributed by atoms with Crippen LogP contribution in [0.5, 0.6) is 6.01 Å². The lowest BCUT2D eigenvalue weighted by Crippen LogP contribution is -2.51. The highest BCUT2D eigenvalue weighted by Crippen LogP contribution is 2.34. The van der Waals surface area contributed by atoms with E-state index in [9.17, 15) is 13.5 Å². The molecule has 2 aliphatic heterocycles. The third-order valence-corrected chi connectivity index (χ3v) is 7.89. The summed E-state index contributed by atoms with van der Waals surface area (Å²) in [6.07, 6.45) is 4.32. The summed E-state index contributed by atoms with van der Waals surface area (Å²) in [5, 5.41) is 15.3. The number of nitrogens with zero attached hydrogens (tertiary/aromatic N) is 6. The largest absolute Gasteiger partial charge is 0.467 e. The lowest BCUT2D eigenvalue weighted by atomic mass is 9.87. The van der Waals surface area contributed by atoms with Gasteiger partial charge < -0.3 is 14.7 Å². The normalized spacial score (nSPS) is 18.6. The van der Waals surface area contributed by atoms with Crippen LogP contribution in [0.25, 0.3) is 16.7 Å². The van der Waals surface area contributed by atoms with E-state index in [-0.39, 0.29) is 18.0 Å². The predicted octanol–water partition coefficient (Wildman–Crippen LogP) is 1.45. The minimum absolute atomic E-state index is 0.244. The Kier molecular flexibility index (Phi) is 5.50. The lowest BCUT2D eigenvalue weighted by Gasteiger charge is -2.36. The number of aryl methyl sites for hydroxylation is 1. The third kappa shape index (κ3) is 4.16. The maximum absolute atomic E-state index is 11.9. The number of anilines is 1. The fourth-order valence-electron chi connectivity index (χ4n) is 4.73. The number of β-amino-alcohol motifs (C(OH)–C–C–N with tert-alkyl or cyclic N) is 1. The van der Waals surface area contributed by atoms with E-state index in [1.807, 2.05) is 17.2 Å². The second-order valence-corrected chi connectivity index (χ2v) is 10.9. The van der Waals surface area contributed by atoms with Crippen LogP contribution in [0.3, 0.4) is 0 Å². The van der Waals surface area contributed by atoms with Gasteiger partial charge in [0, 0.05) is 37.6 Å². The quantitative estimate of drug-likeness (QED) is 0.594. The molecular formula is C22H28N6O4S. The molecule has 0 atom stereocenters. The van der Waals surface area contributed by atoms with Crippen molar-refractivity contribution in [1.82, 2.24) is 24.1 Å². The molecular weight excluding hydrogens is 444 g/mol. The van der Waals surface area contributed by atoms with Crippen molar-refractivity contribution in [2.45, 2.75) is 31.8 Å². The van der Waals surface area contributed by atoms with Crippen LogP contribution in [0, 0.1) is 6.92 Å². The molecule has 0 bridgehead atoms. The molecule has 4 heterocycles.